The Kier molecular flexibility index (Phi) is 6.90. The first kappa shape index (κ1) is 18.6. The average Bonchev–Trinajstić information content (AvgIpc) is 3.07. The molecular weight excluding hydrogens is 373 g/mol. The summed E-state index contributed by atoms with van der Waals surface area (Å²) < 4.78 is 10.1. The molecule has 0 aliphatic carbocycles. The van der Waals surface area contributed by atoms with Gasteiger partial charge in [-0.1, -0.05) is 29.3 Å². The van der Waals surface area contributed by atoms with Crippen LogP contribution in [-0.2, 0) is 14.3 Å². The Morgan fingerprint density at radius 3 is 2.71 bits per heavy atom. The van der Waals surface area contributed by atoms with Crippen molar-refractivity contribution < 1.29 is 19.1 Å². The number of thiophene rings is 1. The van der Waals surface area contributed by atoms with Gasteiger partial charge in [0.05, 0.1) is 24.6 Å². The first-order valence-electron chi connectivity index (χ1n) is 6.97. The fraction of sp³-hybridized carbons (Fsp3) is 0.250. The summed E-state index contributed by atoms with van der Waals surface area (Å²) in [4.78, 5) is 24.5. The van der Waals surface area contributed by atoms with Gasteiger partial charge < -0.3 is 14.8 Å². The Morgan fingerprint density at radius 2 is 2.08 bits per heavy atom. The van der Waals surface area contributed by atoms with E-state index < -0.39 is 12.0 Å². The minimum Gasteiger partial charge on any atom is -0.482 e. The number of esters is 1. The summed E-state index contributed by atoms with van der Waals surface area (Å²) in [7, 11) is 1.31. The highest BCUT2D eigenvalue weighted by molar-refractivity contribution is 7.10. The zero-order valence-electron chi connectivity index (χ0n) is 12.8. The van der Waals surface area contributed by atoms with Crippen LogP contribution in [0.1, 0.15) is 17.3 Å². The molecule has 1 amide bonds. The summed E-state index contributed by atoms with van der Waals surface area (Å²) in [6, 6.07) is 7.96. The largest absolute Gasteiger partial charge is 0.482 e. The van der Waals surface area contributed by atoms with Gasteiger partial charge in [-0.2, -0.15) is 0 Å². The van der Waals surface area contributed by atoms with Crippen molar-refractivity contribution in [2.45, 2.75) is 12.5 Å². The molecule has 0 aliphatic rings. The van der Waals surface area contributed by atoms with Crippen LogP contribution < -0.4 is 10.1 Å². The highest BCUT2D eigenvalue weighted by Gasteiger charge is 2.20. The van der Waals surface area contributed by atoms with Gasteiger partial charge in [0.15, 0.2) is 6.61 Å². The van der Waals surface area contributed by atoms with Gasteiger partial charge in [0.1, 0.15) is 5.75 Å². The number of carbonyl (C=O) groups excluding carboxylic acids is 2. The van der Waals surface area contributed by atoms with Crippen LogP contribution >= 0.6 is 34.5 Å². The molecule has 128 valence electrons. The van der Waals surface area contributed by atoms with Crippen molar-refractivity contribution in [3.8, 4) is 5.75 Å². The number of hydrogen-bond acceptors (Lipinski definition) is 5. The van der Waals surface area contributed by atoms with E-state index in [9.17, 15) is 9.59 Å². The van der Waals surface area contributed by atoms with Gasteiger partial charge in [0.2, 0.25) is 0 Å². The van der Waals surface area contributed by atoms with Gasteiger partial charge in [0, 0.05) is 9.90 Å². The van der Waals surface area contributed by atoms with Gasteiger partial charge in [-0.15, -0.1) is 11.3 Å². The summed E-state index contributed by atoms with van der Waals surface area (Å²) in [5.74, 6) is -0.421. The highest BCUT2D eigenvalue weighted by Crippen LogP contribution is 2.27. The van der Waals surface area contributed by atoms with Crippen LogP contribution in [0.15, 0.2) is 35.7 Å². The van der Waals surface area contributed by atoms with Crippen LogP contribution in [0.25, 0.3) is 0 Å². The molecule has 1 atom stereocenters. The van der Waals surface area contributed by atoms with E-state index in [0.29, 0.717) is 15.8 Å². The Bertz CT molecular complexity index is 706. The Morgan fingerprint density at radius 1 is 1.29 bits per heavy atom. The molecule has 0 saturated heterocycles. The third-order valence-corrected chi connectivity index (χ3v) is 4.59. The minimum absolute atomic E-state index is 0.0461. The number of carbonyl (C=O) groups is 2. The Balaban J connectivity index is 1.96. The summed E-state index contributed by atoms with van der Waals surface area (Å²) in [6.45, 7) is -0.232. The van der Waals surface area contributed by atoms with E-state index in [4.69, 9.17) is 27.9 Å². The second-order valence-electron chi connectivity index (χ2n) is 4.78. The van der Waals surface area contributed by atoms with Gasteiger partial charge >= 0.3 is 5.97 Å². The van der Waals surface area contributed by atoms with Crippen molar-refractivity contribution in [1.82, 2.24) is 5.32 Å². The summed E-state index contributed by atoms with van der Waals surface area (Å²) >= 11 is 13.2. The van der Waals surface area contributed by atoms with Crippen LogP contribution in [0.2, 0.25) is 10.0 Å². The fourth-order valence-electron chi connectivity index (χ4n) is 1.93. The van der Waals surface area contributed by atoms with Crippen molar-refractivity contribution in [2.24, 2.45) is 0 Å². The molecule has 2 aromatic rings. The molecule has 0 aliphatic heterocycles. The number of rotatable bonds is 7. The number of benzene rings is 1. The van der Waals surface area contributed by atoms with Crippen molar-refractivity contribution in [1.29, 1.82) is 0 Å². The SMILES string of the molecule is COC(=O)C[C@H](NC(=O)COc1ccc(Cl)cc1Cl)c1cccs1. The molecule has 1 aromatic carbocycles. The van der Waals surface area contributed by atoms with E-state index in [1.807, 2.05) is 17.5 Å². The third-order valence-electron chi connectivity index (χ3n) is 3.07. The number of halogens is 2. The smallest absolute Gasteiger partial charge is 0.307 e. The minimum atomic E-state index is -0.464. The molecule has 2 rings (SSSR count). The molecule has 1 N–H and O–H groups in total. The molecule has 8 heteroatoms. The fourth-order valence-corrected chi connectivity index (χ4v) is 3.17. The molecule has 0 fully saturated rings. The lowest BCUT2D eigenvalue weighted by atomic mass is 10.1. The first-order valence-corrected chi connectivity index (χ1v) is 8.60. The second-order valence-corrected chi connectivity index (χ2v) is 6.60. The average molecular weight is 388 g/mol. The van der Waals surface area contributed by atoms with Crippen molar-refractivity contribution >= 4 is 46.4 Å². The van der Waals surface area contributed by atoms with E-state index in [-0.39, 0.29) is 18.9 Å². The predicted octanol–water partition coefficient (Wildman–Crippen LogP) is 3.85. The van der Waals surface area contributed by atoms with Crippen molar-refractivity contribution in [2.75, 3.05) is 13.7 Å². The maximum Gasteiger partial charge on any atom is 0.307 e. The lowest BCUT2D eigenvalue weighted by Gasteiger charge is -2.17. The van der Waals surface area contributed by atoms with Crippen LogP contribution in [-0.4, -0.2) is 25.6 Å². The molecule has 0 saturated carbocycles. The zero-order valence-corrected chi connectivity index (χ0v) is 15.1. The normalized spacial score (nSPS) is 11.6. The van der Waals surface area contributed by atoms with Crippen molar-refractivity contribution in [3.63, 3.8) is 0 Å². The topological polar surface area (TPSA) is 64.6 Å². The van der Waals surface area contributed by atoms with Crippen molar-refractivity contribution in [3.05, 3.63) is 50.6 Å². The second kappa shape index (κ2) is 8.92. The molecule has 1 aromatic heterocycles. The quantitative estimate of drug-likeness (QED) is 0.732. The summed E-state index contributed by atoms with van der Waals surface area (Å²) in [6.07, 6.45) is 0.0461. The lowest BCUT2D eigenvalue weighted by Crippen LogP contribution is -2.33. The van der Waals surface area contributed by atoms with Crippen LogP contribution in [0.3, 0.4) is 0 Å². The highest BCUT2D eigenvalue weighted by atomic mass is 35.5. The number of amides is 1. The molecule has 5 nitrogen and oxygen atoms in total. The van der Waals surface area contributed by atoms with Crippen LogP contribution in [0.5, 0.6) is 5.75 Å². The van der Waals surface area contributed by atoms with E-state index >= 15 is 0 Å². The van der Waals surface area contributed by atoms with Crippen LogP contribution in [0, 0.1) is 0 Å². The zero-order chi connectivity index (χ0) is 17.5. The summed E-state index contributed by atoms with van der Waals surface area (Å²) in [5.41, 5.74) is 0. The number of hydrogen-bond donors (Lipinski definition) is 1. The van der Waals surface area contributed by atoms with Crippen LogP contribution in [0.4, 0.5) is 0 Å². The predicted molar refractivity (Wildman–Crippen MR) is 93.8 cm³/mol. The van der Waals surface area contributed by atoms with Gasteiger partial charge in [-0.25, -0.2) is 0 Å². The number of methoxy groups -OCH3 is 1. The standard InChI is InChI=1S/C16H15Cl2NO4S/c1-22-16(21)8-12(14-3-2-6-24-14)19-15(20)9-23-13-5-4-10(17)7-11(13)18/h2-7,12H,8-9H2,1H3,(H,19,20)/t12-/m0/s1. The Hall–Kier alpha value is -1.76. The van der Waals surface area contributed by atoms with Gasteiger partial charge in [-0.05, 0) is 29.6 Å². The maximum atomic E-state index is 12.1. The number of nitrogens with one attached hydrogen (secondary N) is 1. The molecule has 24 heavy (non-hydrogen) atoms. The molecule has 0 radical (unpaired) electrons. The molecule has 1 heterocycles. The molecule has 0 spiro atoms. The van der Waals surface area contributed by atoms with Gasteiger partial charge in [0.25, 0.3) is 5.91 Å². The van der Waals surface area contributed by atoms with E-state index in [0.717, 1.165) is 4.88 Å². The molecule has 0 bridgehead atoms. The molecule has 0 unspecified atom stereocenters. The monoisotopic (exact) mass is 387 g/mol. The number of ether oxygens (including phenoxy) is 2. The maximum absolute atomic E-state index is 12.1. The first-order chi connectivity index (χ1) is 11.5. The van der Waals surface area contributed by atoms with E-state index in [1.54, 1.807) is 12.1 Å². The van der Waals surface area contributed by atoms with Gasteiger partial charge in [-0.3, -0.25) is 9.59 Å². The molecular formula is C16H15Cl2NO4S. The Labute approximate surface area is 153 Å². The lowest BCUT2D eigenvalue weighted by molar-refractivity contribution is -0.141. The third kappa shape index (κ3) is 5.40. The summed E-state index contributed by atoms with van der Waals surface area (Å²) in [5, 5.41) is 5.43. The van der Waals surface area contributed by atoms with E-state index in [2.05, 4.69) is 10.1 Å². The van der Waals surface area contributed by atoms with E-state index in [1.165, 1.54) is 24.5 Å².